The lowest BCUT2D eigenvalue weighted by atomic mass is 10.1. The summed E-state index contributed by atoms with van der Waals surface area (Å²) in [7, 11) is 0. The number of rotatable bonds is 7. The van der Waals surface area contributed by atoms with Crippen molar-refractivity contribution in [2.45, 2.75) is 6.92 Å². The first-order valence-corrected chi connectivity index (χ1v) is 6.66. The van der Waals surface area contributed by atoms with Crippen molar-refractivity contribution in [3.63, 3.8) is 0 Å². The standard InChI is InChI=1S/C16H18N2O3/c1-11(2)10-21-8-7-17-15-12-5-3-4-6-14(12)18-9-13(15)16(19)20/h3-6,9H,1,7-8,10H2,2H3,(H,17,18)(H,19,20). The van der Waals surface area contributed by atoms with Gasteiger partial charge < -0.3 is 15.2 Å². The summed E-state index contributed by atoms with van der Waals surface area (Å²) in [6.45, 7) is 7.15. The minimum Gasteiger partial charge on any atom is -0.478 e. The Kier molecular flexibility index (Phi) is 4.90. The van der Waals surface area contributed by atoms with Crippen molar-refractivity contribution < 1.29 is 14.6 Å². The van der Waals surface area contributed by atoms with Crippen molar-refractivity contribution in [2.24, 2.45) is 0 Å². The van der Waals surface area contributed by atoms with Crippen LogP contribution in [0.15, 0.2) is 42.6 Å². The van der Waals surface area contributed by atoms with E-state index in [2.05, 4.69) is 16.9 Å². The Morgan fingerprint density at radius 2 is 2.19 bits per heavy atom. The highest BCUT2D eigenvalue weighted by molar-refractivity contribution is 6.04. The van der Waals surface area contributed by atoms with Crippen molar-refractivity contribution in [1.82, 2.24) is 4.98 Å². The summed E-state index contributed by atoms with van der Waals surface area (Å²) in [4.78, 5) is 15.5. The molecule has 2 rings (SSSR count). The summed E-state index contributed by atoms with van der Waals surface area (Å²) < 4.78 is 5.40. The molecule has 0 spiro atoms. The van der Waals surface area contributed by atoms with Crippen LogP contribution >= 0.6 is 0 Å². The quantitative estimate of drug-likeness (QED) is 0.605. The van der Waals surface area contributed by atoms with Crippen LogP contribution in [0.4, 0.5) is 5.69 Å². The number of benzene rings is 1. The summed E-state index contributed by atoms with van der Waals surface area (Å²) in [5.74, 6) is -1.00. The van der Waals surface area contributed by atoms with E-state index in [0.717, 1.165) is 16.5 Å². The van der Waals surface area contributed by atoms with Crippen molar-refractivity contribution in [3.05, 3.63) is 48.2 Å². The third-order valence-electron chi connectivity index (χ3n) is 2.90. The third-order valence-corrected chi connectivity index (χ3v) is 2.90. The molecule has 5 nitrogen and oxygen atoms in total. The monoisotopic (exact) mass is 286 g/mol. The van der Waals surface area contributed by atoms with Crippen LogP contribution in [0.3, 0.4) is 0 Å². The number of aromatic nitrogens is 1. The Morgan fingerprint density at radius 1 is 1.43 bits per heavy atom. The van der Waals surface area contributed by atoms with Gasteiger partial charge in [0.2, 0.25) is 0 Å². The van der Waals surface area contributed by atoms with Crippen molar-refractivity contribution in [3.8, 4) is 0 Å². The zero-order chi connectivity index (χ0) is 15.2. The number of carboxylic acids is 1. The fourth-order valence-corrected chi connectivity index (χ4v) is 1.99. The van der Waals surface area contributed by atoms with Gasteiger partial charge in [-0.2, -0.15) is 0 Å². The van der Waals surface area contributed by atoms with E-state index < -0.39 is 5.97 Å². The van der Waals surface area contributed by atoms with Crippen LogP contribution in [0.5, 0.6) is 0 Å². The lowest BCUT2D eigenvalue weighted by Gasteiger charge is -2.12. The first-order valence-electron chi connectivity index (χ1n) is 6.66. The molecule has 21 heavy (non-hydrogen) atoms. The van der Waals surface area contributed by atoms with Gasteiger partial charge in [0, 0.05) is 18.1 Å². The number of fused-ring (bicyclic) bond motifs is 1. The number of hydrogen-bond acceptors (Lipinski definition) is 4. The second kappa shape index (κ2) is 6.85. The zero-order valence-corrected chi connectivity index (χ0v) is 11.9. The number of aromatic carboxylic acids is 1. The highest BCUT2D eigenvalue weighted by Crippen LogP contribution is 2.25. The minimum absolute atomic E-state index is 0.161. The first kappa shape index (κ1) is 15.0. The van der Waals surface area contributed by atoms with Gasteiger partial charge in [-0.05, 0) is 13.0 Å². The number of carbonyl (C=O) groups is 1. The van der Waals surface area contributed by atoms with Gasteiger partial charge in [-0.15, -0.1) is 0 Å². The number of para-hydroxylation sites is 1. The molecular formula is C16H18N2O3. The Labute approximate surface area is 123 Å². The van der Waals surface area contributed by atoms with Gasteiger partial charge in [-0.3, -0.25) is 4.98 Å². The molecule has 0 saturated carbocycles. The lowest BCUT2D eigenvalue weighted by Crippen LogP contribution is -2.13. The van der Waals surface area contributed by atoms with Crippen molar-refractivity contribution >= 4 is 22.6 Å². The highest BCUT2D eigenvalue weighted by Gasteiger charge is 2.13. The molecule has 2 N–H and O–H groups in total. The van der Waals surface area contributed by atoms with Crippen LogP contribution in [0, 0.1) is 0 Å². The fourth-order valence-electron chi connectivity index (χ4n) is 1.99. The molecule has 1 aromatic carbocycles. The molecule has 0 saturated heterocycles. The van der Waals surface area contributed by atoms with Gasteiger partial charge in [-0.1, -0.05) is 30.4 Å². The predicted molar refractivity (Wildman–Crippen MR) is 82.8 cm³/mol. The minimum atomic E-state index is -1.00. The van der Waals surface area contributed by atoms with Crippen molar-refractivity contribution in [2.75, 3.05) is 25.1 Å². The van der Waals surface area contributed by atoms with Crippen LogP contribution in [0.25, 0.3) is 10.9 Å². The Balaban J connectivity index is 2.17. The number of hydrogen-bond donors (Lipinski definition) is 2. The molecule has 0 aliphatic heterocycles. The van der Waals surface area contributed by atoms with Crippen LogP contribution in [-0.4, -0.2) is 35.8 Å². The van der Waals surface area contributed by atoms with Gasteiger partial charge in [0.05, 0.1) is 24.4 Å². The van der Waals surface area contributed by atoms with Crippen LogP contribution in [0.1, 0.15) is 17.3 Å². The van der Waals surface area contributed by atoms with E-state index in [4.69, 9.17) is 4.74 Å². The van der Waals surface area contributed by atoms with Crippen molar-refractivity contribution in [1.29, 1.82) is 0 Å². The van der Waals surface area contributed by atoms with E-state index >= 15 is 0 Å². The number of pyridine rings is 1. The molecule has 0 amide bonds. The topological polar surface area (TPSA) is 71.5 Å². The molecule has 0 radical (unpaired) electrons. The molecule has 0 aliphatic rings. The summed E-state index contributed by atoms with van der Waals surface area (Å²) in [5.41, 5.74) is 2.45. The highest BCUT2D eigenvalue weighted by atomic mass is 16.5. The molecule has 5 heteroatoms. The molecule has 1 aromatic heterocycles. The smallest absolute Gasteiger partial charge is 0.339 e. The molecule has 0 unspecified atom stereocenters. The van der Waals surface area contributed by atoms with E-state index in [0.29, 0.717) is 25.4 Å². The van der Waals surface area contributed by atoms with Gasteiger partial charge >= 0.3 is 5.97 Å². The number of carboxylic acid groups (broad SMARTS) is 1. The molecule has 0 aliphatic carbocycles. The molecule has 2 aromatic rings. The molecule has 1 heterocycles. The van der Waals surface area contributed by atoms with E-state index in [1.54, 1.807) is 0 Å². The predicted octanol–water partition coefficient (Wildman–Crippen LogP) is 2.94. The molecule has 0 fully saturated rings. The van der Waals surface area contributed by atoms with Gasteiger partial charge in [0.15, 0.2) is 0 Å². The number of nitrogens with one attached hydrogen (secondary N) is 1. The Hall–Kier alpha value is -2.40. The van der Waals surface area contributed by atoms with Gasteiger partial charge in [0.25, 0.3) is 0 Å². The maximum Gasteiger partial charge on any atom is 0.339 e. The third kappa shape index (κ3) is 3.79. The lowest BCUT2D eigenvalue weighted by molar-refractivity contribution is 0.0697. The second-order valence-electron chi connectivity index (χ2n) is 4.81. The Bertz CT molecular complexity index is 668. The number of anilines is 1. The average Bonchev–Trinajstić information content (AvgIpc) is 2.46. The molecular weight excluding hydrogens is 268 g/mol. The average molecular weight is 286 g/mol. The van der Waals surface area contributed by atoms with Crippen LogP contribution < -0.4 is 5.32 Å². The number of nitrogens with zero attached hydrogens (tertiary/aromatic N) is 1. The van der Waals surface area contributed by atoms with E-state index in [9.17, 15) is 9.90 Å². The van der Waals surface area contributed by atoms with E-state index in [1.165, 1.54) is 6.20 Å². The maximum atomic E-state index is 11.3. The summed E-state index contributed by atoms with van der Waals surface area (Å²) in [6, 6.07) is 7.43. The SMILES string of the molecule is C=C(C)COCCNc1c(C(=O)O)cnc2ccccc12. The van der Waals surface area contributed by atoms with Gasteiger partial charge in [-0.25, -0.2) is 4.79 Å². The normalized spacial score (nSPS) is 10.5. The largest absolute Gasteiger partial charge is 0.478 e. The van der Waals surface area contributed by atoms with Crippen LogP contribution in [0.2, 0.25) is 0 Å². The summed E-state index contributed by atoms with van der Waals surface area (Å²) in [5, 5.41) is 13.2. The second-order valence-corrected chi connectivity index (χ2v) is 4.81. The zero-order valence-electron chi connectivity index (χ0n) is 11.9. The van der Waals surface area contributed by atoms with Crippen LogP contribution in [-0.2, 0) is 4.74 Å². The number of ether oxygens (including phenoxy) is 1. The molecule has 0 atom stereocenters. The summed E-state index contributed by atoms with van der Waals surface area (Å²) in [6.07, 6.45) is 1.38. The van der Waals surface area contributed by atoms with Gasteiger partial charge in [0.1, 0.15) is 5.56 Å². The summed E-state index contributed by atoms with van der Waals surface area (Å²) >= 11 is 0. The van der Waals surface area contributed by atoms with E-state index in [-0.39, 0.29) is 5.56 Å². The fraction of sp³-hybridized carbons (Fsp3) is 0.250. The molecule has 0 bridgehead atoms. The molecule has 110 valence electrons. The van der Waals surface area contributed by atoms with E-state index in [1.807, 2.05) is 31.2 Å². The maximum absolute atomic E-state index is 11.3. The first-order chi connectivity index (χ1) is 10.1. The Morgan fingerprint density at radius 3 is 2.90 bits per heavy atom.